The maximum atomic E-state index is 11.8. The Hall–Kier alpha value is -2.62. The standard InChI is InChI=1S/C17H18N2O2/c1-13(20)18-17(21)19-16(15-10-6-3-7-11-15)12-14-8-4-2-5-9-14/h2-11,16H,12H2,1H3,(H2,18,19,20,21). The highest BCUT2D eigenvalue weighted by molar-refractivity contribution is 5.93. The Balaban J connectivity index is 2.15. The van der Waals surface area contributed by atoms with Crippen LogP contribution in [-0.2, 0) is 11.2 Å². The van der Waals surface area contributed by atoms with E-state index in [0.717, 1.165) is 11.1 Å². The fourth-order valence-corrected chi connectivity index (χ4v) is 2.14. The highest BCUT2D eigenvalue weighted by atomic mass is 16.2. The first-order valence-electron chi connectivity index (χ1n) is 6.82. The smallest absolute Gasteiger partial charge is 0.321 e. The molecule has 1 unspecified atom stereocenters. The van der Waals surface area contributed by atoms with E-state index in [1.807, 2.05) is 60.7 Å². The van der Waals surface area contributed by atoms with Gasteiger partial charge in [-0.25, -0.2) is 4.79 Å². The van der Waals surface area contributed by atoms with Crippen LogP contribution in [-0.4, -0.2) is 11.9 Å². The summed E-state index contributed by atoms with van der Waals surface area (Å²) in [6.07, 6.45) is 0.663. The second-order valence-electron chi connectivity index (χ2n) is 4.81. The molecular weight excluding hydrogens is 264 g/mol. The van der Waals surface area contributed by atoms with Gasteiger partial charge in [0.1, 0.15) is 0 Å². The van der Waals surface area contributed by atoms with Crippen LogP contribution in [0.25, 0.3) is 0 Å². The summed E-state index contributed by atoms with van der Waals surface area (Å²) in [7, 11) is 0. The van der Waals surface area contributed by atoms with Crippen molar-refractivity contribution in [2.24, 2.45) is 0 Å². The number of hydrogen-bond donors (Lipinski definition) is 2. The van der Waals surface area contributed by atoms with Gasteiger partial charge in [-0.2, -0.15) is 0 Å². The van der Waals surface area contributed by atoms with Crippen LogP contribution < -0.4 is 10.6 Å². The first-order valence-corrected chi connectivity index (χ1v) is 6.82. The minimum absolute atomic E-state index is 0.187. The number of carbonyl (C=O) groups is 2. The summed E-state index contributed by atoms with van der Waals surface area (Å²) in [5.41, 5.74) is 2.12. The molecule has 0 aliphatic rings. The Bertz CT molecular complexity index is 597. The summed E-state index contributed by atoms with van der Waals surface area (Å²) in [5, 5.41) is 5.08. The molecule has 0 bridgehead atoms. The largest absolute Gasteiger partial charge is 0.331 e. The van der Waals surface area contributed by atoms with Gasteiger partial charge in [-0.3, -0.25) is 10.1 Å². The summed E-state index contributed by atoms with van der Waals surface area (Å²) in [6.45, 7) is 1.31. The molecule has 2 rings (SSSR count). The predicted octanol–water partition coefficient (Wildman–Crippen LogP) is 2.82. The van der Waals surface area contributed by atoms with Crippen LogP contribution in [0.15, 0.2) is 60.7 Å². The quantitative estimate of drug-likeness (QED) is 0.906. The number of rotatable bonds is 4. The topological polar surface area (TPSA) is 58.2 Å². The molecule has 0 aliphatic heterocycles. The van der Waals surface area contributed by atoms with Gasteiger partial charge in [-0.05, 0) is 17.5 Å². The van der Waals surface area contributed by atoms with E-state index >= 15 is 0 Å². The Kier molecular flexibility index (Phi) is 5.10. The van der Waals surface area contributed by atoms with E-state index in [1.165, 1.54) is 6.92 Å². The van der Waals surface area contributed by atoms with Crippen molar-refractivity contribution in [2.75, 3.05) is 0 Å². The van der Waals surface area contributed by atoms with E-state index in [0.29, 0.717) is 6.42 Å². The number of nitrogens with one attached hydrogen (secondary N) is 2. The Morgan fingerprint density at radius 2 is 1.52 bits per heavy atom. The lowest BCUT2D eigenvalue weighted by atomic mass is 9.99. The van der Waals surface area contributed by atoms with E-state index < -0.39 is 6.03 Å². The third kappa shape index (κ3) is 4.76. The molecule has 108 valence electrons. The summed E-state index contributed by atoms with van der Waals surface area (Å²) in [5.74, 6) is -0.376. The zero-order valence-electron chi connectivity index (χ0n) is 11.9. The van der Waals surface area contributed by atoms with E-state index in [-0.39, 0.29) is 11.9 Å². The molecule has 0 aliphatic carbocycles. The van der Waals surface area contributed by atoms with Gasteiger partial charge in [0.15, 0.2) is 0 Å². The minimum atomic E-state index is -0.479. The van der Waals surface area contributed by atoms with Crippen molar-refractivity contribution in [3.05, 3.63) is 71.8 Å². The van der Waals surface area contributed by atoms with E-state index in [1.54, 1.807) is 0 Å². The predicted molar refractivity (Wildman–Crippen MR) is 81.7 cm³/mol. The second-order valence-corrected chi connectivity index (χ2v) is 4.81. The van der Waals surface area contributed by atoms with Crippen LogP contribution in [0.5, 0.6) is 0 Å². The fraction of sp³-hybridized carbons (Fsp3) is 0.176. The maximum Gasteiger partial charge on any atom is 0.321 e. The molecule has 0 radical (unpaired) electrons. The summed E-state index contributed by atoms with van der Waals surface area (Å²) in [4.78, 5) is 22.7. The number of carbonyl (C=O) groups excluding carboxylic acids is 2. The van der Waals surface area contributed by atoms with Crippen LogP contribution >= 0.6 is 0 Å². The molecule has 0 saturated carbocycles. The average Bonchev–Trinajstić information content (AvgIpc) is 2.48. The average molecular weight is 282 g/mol. The van der Waals surface area contributed by atoms with Gasteiger partial charge in [0.05, 0.1) is 6.04 Å². The van der Waals surface area contributed by atoms with Crippen molar-refractivity contribution < 1.29 is 9.59 Å². The van der Waals surface area contributed by atoms with Crippen molar-refractivity contribution >= 4 is 11.9 Å². The van der Waals surface area contributed by atoms with Crippen molar-refractivity contribution in [3.8, 4) is 0 Å². The molecule has 1 atom stereocenters. The SMILES string of the molecule is CC(=O)NC(=O)NC(Cc1ccccc1)c1ccccc1. The third-order valence-corrected chi connectivity index (χ3v) is 3.08. The number of amides is 3. The van der Waals surface area contributed by atoms with Crippen LogP contribution in [0.3, 0.4) is 0 Å². The summed E-state index contributed by atoms with van der Waals surface area (Å²) in [6, 6.07) is 19.0. The third-order valence-electron chi connectivity index (χ3n) is 3.08. The minimum Gasteiger partial charge on any atom is -0.331 e. The second kappa shape index (κ2) is 7.24. The zero-order valence-corrected chi connectivity index (χ0v) is 11.9. The van der Waals surface area contributed by atoms with Gasteiger partial charge in [0.25, 0.3) is 0 Å². The van der Waals surface area contributed by atoms with Crippen LogP contribution in [0.4, 0.5) is 4.79 Å². The fourth-order valence-electron chi connectivity index (χ4n) is 2.14. The molecule has 0 saturated heterocycles. The first kappa shape index (κ1) is 14.8. The number of benzene rings is 2. The number of urea groups is 1. The number of hydrogen-bond acceptors (Lipinski definition) is 2. The molecule has 0 heterocycles. The van der Waals surface area contributed by atoms with Crippen LogP contribution in [0.1, 0.15) is 24.1 Å². The van der Waals surface area contributed by atoms with Gasteiger partial charge in [0.2, 0.25) is 5.91 Å². The van der Waals surface area contributed by atoms with Gasteiger partial charge in [0, 0.05) is 6.92 Å². The van der Waals surface area contributed by atoms with Crippen LogP contribution in [0.2, 0.25) is 0 Å². The van der Waals surface area contributed by atoms with Crippen molar-refractivity contribution in [1.82, 2.24) is 10.6 Å². The Labute approximate surface area is 124 Å². The molecule has 2 aromatic rings. The van der Waals surface area contributed by atoms with E-state index in [4.69, 9.17) is 0 Å². The monoisotopic (exact) mass is 282 g/mol. The van der Waals surface area contributed by atoms with Crippen LogP contribution in [0, 0.1) is 0 Å². The van der Waals surface area contributed by atoms with Crippen molar-refractivity contribution in [1.29, 1.82) is 0 Å². The molecule has 0 spiro atoms. The normalized spacial score (nSPS) is 11.5. The Morgan fingerprint density at radius 1 is 0.952 bits per heavy atom. The van der Waals surface area contributed by atoms with Gasteiger partial charge in [-0.15, -0.1) is 0 Å². The molecule has 4 nitrogen and oxygen atoms in total. The van der Waals surface area contributed by atoms with E-state index in [2.05, 4.69) is 10.6 Å². The first-order chi connectivity index (χ1) is 10.1. The van der Waals surface area contributed by atoms with Crippen molar-refractivity contribution in [2.45, 2.75) is 19.4 Å². The highest BCUT2D eigenvalue weighted by Gasteiger charge is 2.15. The molecule has 2 aromatic carbocycles. The van der Waals surface area contributed by atoms with Crippen molar-refractivity contribution in [3.63, 3.8) is 0 Å². The molecule has 4 heteroatoms. The lowest BCUT2D eigenvalue weighted by Crippen LogP contribution is -2.40. The summed E-state index contributed by atoms with van der Waals surface area (Å²) < 4.78 is 0. The number of imide groups is 1. The van der Waals surface area contributed by atoms with Gasteiger partial charge < -0.3 is 5.32 Å². The lowest BCUT2D eigenvalue weighted by Gasteiger charge is -2.19. The molecule has 0 fully saturated rings. The molecule has 2 N–H and O–H groups in total. The lowest BCUT2D eigenvalue weighted by molar-refractivity contribution is -0.117. The molecule has 0 aromatic heterocycles. The van der Waals surface area contributed by atoms with Gasteiger partial charge >= 0.3 is 6.03 Å². The Morgan fingerprint density at radius 3 is 2.10 bits per heavy atom. The molecule has 21 heavy (non-hydrogen) atoms. The summed E-state index contributed by atoms with van der Waals surface area (Å²) >= 11 is 0. The van der Waals surface area contributed by atoms with E-state index in [9.17, 15) is 9.59 Å². The molecular formula is C17H18N2O2. The maximum absolute atomic E-state index is 11.8. The zero-order chi connectivity index (χ0) is 15.1. The van der Waals surface area contributed by atoms with Gasteiger partial charge in [-0.1, -0.05) is 60.7 Å². The highest BCUT2D eigenvalue weighted by Crippen LogP contribution is 2.18. The molecule has 3 amide bonds.